The molecule has 0 amide bonds. The summed E-state index contributed by atoms with van der Waals surface area (Å²) in [4.78, 5) is 22.5. The lowest BCUT2D eigenvalue weighted by atomic mass is 9.97. The van der Waals surface area contributed by atoms with Crippen LogP contribution in [-0.2, 0) is 19.4 Å². The highest BCUT2D eigenvalue weighted by Crippen LogP contribution is 2.34. The van der Waals surface area contributed by atoms with Gasteiger partial charge in [-0.3, -0.25) is 9.48 Å². The molecule has 0 unspecified atom stereocenters. The van der Waals surface area contributed by atoms with E-state index in [-0.39, 0.29) is 5.56 Å². The van der Waals surface area contributed by atoms with Crippen LogP contribution in [0.4, 0.5) is 0 Å². The Morgan fingerprint density at radius 1 is 1.21 bits per heavy atom. The standard InChI is InChI=1S/C26H25N5OS/c1-15-8-10-18(11-9-15)14-31-17(3)21(16(2)30-31)12-19(13-27)24-28-25(32)23-20-6-4-5-7-22(20)33-26(23)29-24/h8-12H,4-7,14H2,1-3H3,(H,28,29,32)/b19-12+. The van der Waals surface area contributed by atoms with E-state index in [0.29, 0.717) is 23.3 Å². The maximum atomic E-state index is 12.9. The summed E-state index contributed by atoms with van der Waals surface area (Å²) in [5.41, 5.74) is 6.40. The molecular formula is C26H25N5OS. The summed E-state index contributed by atoms with van der Waals surface area (Å²) in [6, 6.07) is 10.6. The number of hydrogen-bond donors (Lipinski definition) is 1. The van der Waals surface area contributed by atoms with Crippen LogP contribution in [0.1, 0.15) is 57.2 Å². The monoisotopic (exact) mass is 455 g/mol. The molecule has 0 saturated heterocycles. The lowest BCUT2D eigenvalue weighted by Gasteiger charge is -2.09. The Bertz CT molecular complexity index is 1490. The summed E-state index contributed by atoms with van der Waals surface area (Å²) in [7, 11) is 0. The molecule has 0 bridgehead atoms. The summed E-state index contributed by atoms with van der Waals surface area (Å²) in [6.07, 6.45) is 5.98. The van der Waals surface area contributed by atoms with Crippen LogP contribution in [0.2, 0.25) is 0 Å². The number of aryl methyl sites for hydroxylation is 4. The second-order valence-corrected chi connectivity index (χ2v) is 9.79. The van der Waals surface area contributed by atoms with Gasteiger partial charge in [0.05, 0.1) is 23.2 Å². The van der Waals surface area contributed by atoms with Crippen LogP contribution in [0.3, 0.4) is 0 Å². The van der Waals surface area contributed by atoms with Crippen LogP contribution < -0.4 is 5.56 Å². The molecule has 3 aromatic heterocycles. The summed E-state index contributed by atoms with van der Waals surface area (Å²) >= 11 is 1.59. The predicted molar refractivity (Wildman–Crippen MR) is 132 cm³/mol. The first kappa shape index (κ1) is 21.4. The fourth-order valence-electron chi connectivity index (χ4n) is 4.53. The Balaban J connectivity index is 1.54. The Morgan fingerprint density at radius 3 is 2.73 bits per heavy atom. The van der Waals surface area contributed by atoms with Gasteiger partial charge >= 0.3 is 0 Å². The number of fused-ring (bicyclic) bond motifs is 3. The number of allylic oxidation sites excluding steroid dienone is 1. The Labute approximate surface area is 196 Å². The van der Waals surface area contributed by atoms with Gasteiger partial charge in [-0.25, -0.2) is 4.98 Å². The number of aromatic amines is 1. The summed E-state index contributed by atoms with van der Waals surface area (Å²) in [5.74, 6) is 0.318. The first-order valence-electron chi connectivity index (χ1n) is 11.2. The molecule has 1 aliphatic carbocycles. The molecule has 4 aromatic rings. The normalized spacial score (nSPS) is 13.8. The lowest BCUT2D eigenvalue weighted by molar-refractivity contribution is 0.659. The molecule has 0 aliphatic heterocycles. The van der Waals surface area contributed by atoms with Gasteiger partial charge in [-0.15, -0.1) is 11.3 Å². The fraction of sp³-hybridized carbons (Fsp3) is 0.308. The summed E-state index contributed by atoms with van der Waals surface area (Å²) < 4.78 is 1.95. The fourth-order valence-corrected chi connectivity index (χ4v) is 5.79. The molecule has 7 heteroatoms. The minimum absolute atomic E-state index is 0.154. The average molecular weight is 456 g/mol. The van der Waals surface area contributed by atoms with Gasteiger partial charge in [0.15, 0.2) is 5.82 Å². The van der Waals surface area contributed by atoms with Gasteiger partial charge in [-0.2, -0.15) is 10.4 Å². The van der Waals surface area contributed by atoms with Crippen molar-refractivity contribution in [3.8, 4) is 6.07 Å². The molecule has 0 atom stereocenters. The number of H-pyrrole nitrogens is 1. The number of benzene rings is 1. The van der Waals surface area contributed by atoms with Crippen molar-refractivity contribution < 1.29 is 0 Å². The van der Waals surface area contributed by atoms with Crippen molar-refractivity contribution in [1.29, 1.82) is 5.26 Å². The first-order valence-corrected chi connectivity index (χ1v) is 12.0. The molecule has 5 rings (SSSR count). The second-order valence-electron chi connectivity index (χ2n) is 8.70. The van der Waals surface area contributed by atoms with Crippen LogP contribution >= 0.6 is 11.3 Å². The van der Waals surface area contributed by atoms with Gasteiger partial charge in [0.25, 0.3) is 5.56 Å². The van der Waals surface area contributed by atoms with Gasteiger partial charge in [0.2, 0.25) is 0 Å². The summed E-state index contributed by atoms with van der Waals surface area (Å²) in [6.45, 7) is 6.67. The molecule has 0 spiro atoms. The smallest absolute Gasteiger partial charge is 0.260 e. The molecule has 1 N–H and O–H groups in total. The molecule has 1 aliphatic rings. The van der Waals surface area contributed by atoms with E-state index in [2.05, 4.69) is 42.2 Å². The van der Waals surface area contributed by atoms with E-state index in [9.17, 15) is 10.1 Å². The number of aromatic nitrogens is 4. The third-order valence-corrected chi connectivity index (χ3v) is 7.57. The molecule has 0 fully saturated rings. The largest absolute Gasteiger partial charge is 0.305 e. The highest BCUT2D eigenvalue weighted by atomic mass is 32.1. The second kappa shape index (κ2) is 8.45. The number of nitriles is 1. The lowest BCUT2D eigenvalue weighted by Crippen LogP contribution is -2.12. The third kappa shape index (κ3) is 3.91. The topological polar surface area (TPSA) is 87.4 Å². The van der Waals surface area contributed by atoms with Crippen LogP contribution in [0.5, 0.6) is 0 Å². The molecule has 6 nitrogen and oxygen atoms in total. The van der Waals surface area contributed by atoms with Crippen LogP contribution in [0, 0.1) is 32.1 Å². The maximum absolute atomic E-state index is 12.9. The van der Waals surface area contributed by atoms with Gasteiger partial charge in [0, 0.05) is 16.1 Å². The highest BCUT2D eigenvalue weighted by molar-refractivity contribution is 7.18. The van der Waals surface area contributed by atoms with Crippen molar-refractivity contribution in [1.82, 2.24) is 19.7 Å². The van der Waals surface area contributed by atoms with E-state index in [1.165, 1.54) is 16.0 Å². The quantitative estimate of drug-likeness (QED) is 0.434. The van der Waals surface area contributed by atoms with Gasteiger partial charge < -0.3 is 4.98 Å². The molecular weight excluding hydrogens is 430 g/mol. The van der Waals surface area contributed by atoms with Crippen molar-refractivity contribution in [3.05, 3.63) is 79.0 Å². The number of rotatable bonds is 4. The predicted octanol–water partition coefficient (Wildman–Crippen LogP) is 5.10. The zero-order valence-electron chi connectivity index (χ0n) is 19.0. The molecule has 166 valence electrons. The maximum Gasteiger partial charge on any atom is 0.260 e. The Hall–Kier alpha value is -3.50. The molecule has 0 saturated carbocycles. The average Bonchev–Trinajstić information content (AvgIpc) is 3.30. The molecule has 33 heavy (non-hydrogen) atoms. The van der Waals surface area contributed by atoms with Crippen LogP contribution in [-0.4, -0.2) is 19.7 Å². The van der Waals surface area contributed by atoms with E-state index in [1.54, 1.807) is 17.4 Å². The SMILES string of the molecule is Cc1ccc(Cn2nc(C)c(/C=C(\C#N)c3nc4sc5c(c4c(=O)[nH]3)CCCC5)c2C)cc1. The zero-order valence-corrected chi connectivity index (χ0v) is 19.8. The third-order valence-electron chi connectivity index (χ3n) is 6.38. The van der Waals surface area contributed by atoms with E-state index >= 15 is 0 Å². The van der Waals surface area contributed by atoms with E-state index in [1.807, 2.05) is 18.5 Å². The number of nitrogens with zero attached hydrogens (tertiary/aromatic N) is 4. The van der Waals surface area contributed by atoms with E-state index in [0.717, 1.165) is 53.0 Å². The molecule has 3 heterocycles. The van der Waals surface area contributed by atoms with Crippen LogP contribution in [0.15, 0.2) is 29.1 Å². The molecule has 1 aromatic carbocycles. The highest BCUT2D eigenvalue weighted by Gasteiger charge is 2.21. The van der Waals surface area contributed by atoms with Crippen molar-refractivity contribution >= 4 is 33.2 Å². The van der Waals surface area contributed by atoms with Crippen molar-refractivity contribution in [2.24, 2.45) is 0 Å². The Kier molecular flexibility index (Phi) is 5.47. The van der Waals surface area contributed by atoms with E-state index < -0.39 is 0 Å². The first-order chi connectivity index (χ1) is 15.9. The van der Waals surface area contributed by atoms with Crippen molar-refractivity contribution in [2.45, 2.75) is 53.0 Å². The molecule has 0 radical (unpaired) electrons. The van der Waals surface area contributed by atoms with Crippen molar-refractivity contribution in [3.63, 3.8) is 0 Å². The number of thiophene rings is 1. The Morgan fingerprint density at radius 2 is 1.97 bits per heavy atom. The van der Waals surface area contributed by atoms with Crippen LogP contribution in [0.25, 0.3) is 21.9 Å². The number of hydrogen-bond acceptors (Lipinski definition) is 5. The minimum Gasteiger partial charge on any atom is -0.305 e. The van der Waals surface area contributed by atoms with Crippen molar-refractivity contribution in [2.75, 3.05) is 0 Å². The van der Waals surface area contributed by atoms with Gasteiger partial charge in [-0.05, 0) is 63.7 Å². The van der Waals surface area contributed by atoms with Gasteiger partial charge in [-0.1, -0.05) is 29.8 Å². The summed E-state index contributed by atoms with van der Waals surface area (Å²) in [5, 5.41) is 15.3. The minimum atomic E-state index is -0.154. The zero-order chi connectivity index (χ0) is 23.1. The van der Waals surface area contributed by atoms with E-state index in [4.69, 9.17) is 10.1 Å². The number of nitrogens with one attached hydrogen (secondary N) is 1. The van der Waals surface area contributed by atoms with Gasteiger partial charge in [0.1, 0.15) is 10.9 Å².